The van der Waals surface area contributed by atoms with Crippen molar-refractivity contribution in [1.82, 2.24) is 4.98 Å². The molecule has 0 amide bonds. The van der Waals surface area contributed by atoms with Gasteiger partial charge in [0.2, 0.25) is 0 Å². The minimum atomic E-state index is -0.829. The van der Waals surface area contributed by atoms with Crippen LogP contribution in [0.3, 0.4) is 0 Å². The van der Waals surface area contributed by atoms with Gasteiger partial charge in [0, 0.05) is 22.9 Å². The molecule has 1 heterocycles. The zero-order chi connectivity index (χ0) is 15.9. The van der Waals surface area contributed by atoms with Crippen LogP contribution in [0.25, 0.3) is 12.2 Å². The molecule has 0 bridgehead atoms. The van der Waals surface area contributed by atoms with Crippen molar-refractivity contribution in [2.24, 2.45) is 0 Å². The number of carboxylic acid groups (broad SMARTS) is 1. The summed E-state index contributed by atoms with van der Waals surface area (Å²) in [7, 11) is 0. The second-order valence-corrected chi connectivity index (χ2v) is 5.37. The van der Waals surface area contributed by atoms with Crippen molar-refractivity contribution >= 4 is 47.8 Å². The summed E-state index contributed by atoms with van der Waals surface area (Å²) in [6.07, 6.45) is 5.55. The number of anilines is 1. The van der Waals surface area contributed by atoms with Crippen LogP contribution in [0.15, 0.2) is 42.6 Å². The fourth-order valence-electron chi connectivity index (χ4n) is 2.01. The molecule has 0 aliphatic heterocycles. The van der Waals surface area contributed by atoms with E-state index in [9.17, 15) is 4.79 Å². The molecular formula is C17H18Cl2N2O2. The number of aromatic nitrogens is 1. The Hall–Kier alpha value is -2.04. The third kappa shape index (κ3) is 6.30. The second kappa shape index (κ2) is 9.18. The van der Waals surface area contributed by atoms with E-state index in [1.165, 1.54) is 0 Å². The van der Waals surface area contributed by atoms with E-state index < -0.39 is 5.97 Å². The van der Waals surface area contributed by atoms with Gasteiger partial charge in [0.05, 0.1) is 12.1 Å². The highest BCUT2D eigenvalue weighted by Gasteiger charge is 2.08. The number of hydrogen-bond acceptors (Lipinski definition) is 3. The van der Waals surface area contributed by atoms with Crippen molar-refractivity contribution in [3.05, 3.63) is 58.9 Å². The van der Waals surface area contributed by atoms with Gasteiger partial charge in [0.15, 0.2) is 0 Å². The second-order valence-electron chi connectivity index (χ2n) is 4.97. The molecule has 23 heavy (non-hydrogen) atoms. The summed E-state index contributed by atoms with van der Waals surface area (Å²) < 4.78 is 0. The maximum Gasteiger partial charge on any atom is 0.305 e. The number of aliphatic carboxylic acids is 1. The van der Waals surface area contributed by atoms with Crippen LogP contribution in [0, 0.1) is 0 Å². The zero-order valence-corrected chi connectivity index (χ0v) is 14.1. The smallest absolute Gasteiger partial charge is 0.305 e. The van der Waals surface area contributed by atoms with E-state index in [-0.39, 0.29) is 24.9 Å². The Balaban J connectivity index is 0.00000264. The number of nitrogens with zero attached hydrogens (tertiary/aromatic N) is 1. The number of carbonyl (C=O) groups is 1. The minimum Gasteiger partial charge on any atom is -0.481 e. The van der Waals surface area contributed by atoms with E-state index >= 15 is 0 Å². The molecule has 2 rings (SSSR count). The highest BCUT2D eigenvalue weighted by molar-refractivity contribution is 6.32. The number of hydrogen-bond donors (Lipinski definition) is 2. The van der Waals surface area contributed by atoms with E-state index in [0.717, 1.165) is 16.9 Å². The van der Waals surface area contributed by atoms with E-state index in [2.05, 4.69) is 10.3 Å². The van der Waals surface area contributed by atoms with Gasteiger partial charge >= 0.3 is 5.97 Å². The molecule has 6 heteroatoms. The van der Waals surface area contributed by atoms with E-state index in [1.54, 1.807) is 12.3 Å². The SMILES string of the molecule is C[C@H](CC(=O)O)Nc1ccc(Cl)c(C=Cc2ccccn2)c1.Cl. The van der Waals surface area contributed by atoms with Gasteiger partial charge < -0.3 is 10.4 Å². The fraction of sp³-hybridized carbons (Fsp3) is 0.176. The molecule has 0 unspecified atom stereocenters. The largest absolute Gasteiger partial charge is 0.481 e. The third-order valence-electron chi connectivity index (χ3n) is 3.01. The van der Waals surface area contributed by atoms with Gasteiger partial charge in [-0.05, 0) is 48.9 Å². The average molecular weight is 353 g/mol. The Morgan fingerprint density at radius 3 is 2.78 bits per heavy atom. The number of rotatable bonds is 6. The Morgan fingerprint density at radius 2 is 2.13 bits per heavy atom. The molecule has 0 aliphatic carbocycles. The van der Waals surface area contributed by atoms with Crippen LogP contribution < -0.4 is 5.32 Å². The number of nitrogens with one attached hydrogen (secondary N) is 1. The van der Waals surface area contributed by atoms with Gasteiger partial charge in [0.1, 0.15) is 0 Å². The molecule has 122 valence electrons. The van der Waals surface area contributed by atoms with Gasteiger partial charge in [-0.25, -0.2) is 0 Å². The lowest BCUT2D eigenvalue weighted by Crippen LogP contribution is -2.19. The lowest BCUT2D eigenvalue weighted by molar-refractivity contribution is -0.137. The first-order valence-corrected chi connectivity index (χ1v) is 7.29. The van der Waals surface area contributed by atoms with Crippen molar-refractivity contribution in [2.75, 3.05) is 5.32 Å². The first kappa shape index (κ1) is 19.0. The van der Waals surface area contributed by atoms with Crippen LogP contribution in [0.2, 0.25) is 5.02 Å². The molecule has 1 atom stereocenters. The van der Waals surface area contributed by atoms with Crippen LogP contribution in [0.1, 0.15) is 24.6 Å². The third-order valence-corrected chi connectivity index (χ3v) is 3.36. The van der Waals surface area contributed by atoms with Crippen molar-refractivity contribution in [2.45, 2.75) is 19.4 Å². The lowest BCUT2D eigenvalue weighted by atomic mass is 10.1. The molecule has 1 aromatic carbocycles. The summed E-state index contributed by atoms with van der Waals surface area (Å²) in [6.45, 7) is 1.83. The summed E-state index contributed by atoms with van der Waals surface area (Å²) in [4.78, 5) is 14.9. The van der Waals surface area contributed by atoms with Crippen molar-refractivity contribution in [3.8, 4) is 0 Å². The molecule has 4 nitrogen and oxygen atoms in total. The molecule has 0 fully saturated rings. The predicted octanol–water partition coefficient (Wildman–Crippen LogP) is 4.60. The molecule has 0 spiro atoms. The molecule has 0 saturated heterocycles. The van der Waals surface area contributed by atoms with Gasteiger partial charge in [-0.3, -0.25) is 9.78 Å². The predicted molar refractivity (Wildman–Crippen MR) is 97.2 cm³/mol. The minimum absolute atomic E-state index is 0. The summed E-state index contributed by atoms with van der Waals surface area (Å²) in [5.74, 6) is -0.829. The quantitative estimate of drug-likeness (QED) is 0.797. The molecule has 1 aromatic heterocycles. The maximum absolute atomic E-state index is 10.7. The summed E-state index contributed by atoms with van der Waals surface area (Å²) in [5.41, 5.74) is 2.52. The Morgan fingerprint density at radius 1 is 1.35 bits per heavy atom. The lowest BCUT2D eigenvalue weighted by Gasteiger charge is -2.14. The Labute approximate surface area is 146 Å². The molecule has 2 aromatic rings. The van der Waals surface area contributed by atoms with Crippen LogP contribution >= 0.6 is 24.0 Å². The average Bonchev–Trinajstić information content (AvgIpc) is 2.48. The van der Waals surface area contributed by atoms with Gasteiger partial charge in [-0.1, -0.05) is 23.7 Å². The van der Waals surface area contributed by atoms with Gasteiger partial charge in [0.25, 0.3) is 0 Å². The summed E-state index contributed by atoms with van der Waals surface area (Å²) in [6, 6.07) is 11.0. The van der Waals surface area contributed by atoms with Crippen LogP contribution in [0.5, 0.6) is 0 Å². The molecule has 0 radical (unpaired) electrons. The van der Waals surface area contributed by atoms with Gasteiger partial charge in [-0.2, -0.15) is 0 Å². The molecular weight excluding hydrogens is 335 g/mol. The van der Waals surface area contributed by atoms with E-state index in [1.807, 2.05) is 49.4 Å². The van der Waals surface area contributed by atoms with Crippen molar-refractivity contribution in [1.29, 1.82) is 0 Å². The number of halogens is 2. The molecule has 0 aliphatic rings. The Bertz CT molecular complexity index is 676. The zero-order valence-electron chi connectivity index (χ0n) is 12.6. The highest BCUT2D eigenvalue weighted by Crippen LogP contribution is 2.23. The molecule has 0 saturated carbocycles. The monoisotopic (exact) mass is 352 g/mol. The van der Waals surface area contributed by atoms with Crippen LogP contribution in [-0.2, 0) is 4.79 Å². The summed E-state index contributed by atoms with van der Waals surface area (Å²) in [5, 5.41) is 12.6. The Kier molecular flexibility index (Phi) is 7.59. The fourth-order valence-corrected chi connectivity index (χ4v) is 2.19. The van der Waals surface area contributed by atoms with Crippen LogP contribution in [-0.4, -0.2) is 22.1 Å². The number of carboxylic acids is 1. The normalized spacial score (nSPS) is 11.7. The summed E-state index contributed by atoms with van der Waals surface area (Å²) >= 11 is 6.19. The topological polar surface area (TPSA) is 62.2 Å². The van der Waals surface area contributed by atoms with Crippen LogP contribution in [0.4, 0.5) is 5.69 Å². The van der Waals surface area contributed by atoms with E-state index in [0.29, 0.717) is 5.02 Å². The standard InChI is InChI=1S/C17H17ClN2O2.ClH/c1-12(10-17(21)22)20-15-7-8-16(18)13(11-15)5-6-14-4-2-3-9-19-14;/h2-9,11-12,20H,10H2,1H3,(H,21,22);1H/t12-;/m1./s1. The van der Waals surface area contributed by atoms with Crippen molar-refractivity contribution < 1.29 is 9.90 Å². The van der Waals surface area contributed by atoms with Crippen molar-refractivity contribution in [3.63, 3.8) is 0 Å². The number of pyridine rings is 1. The van der Waals surface area contributed by atoms with Gasteiger partial charge in [-0.15, -0.1) is 12.4 Å². The maximum atomic E-state index is 10.7. The van der Waals surface area contributed by atoms with E-state index in [4.69, 9.17) is 16.7 Å². The number of benzene rings is 1. The first-order valence-electron chi connectivity index (χ1n) is 6.91. The first-order chi connectivity index (χ1) is 10.5. The molecule has 2 N–H and O–H groups in total. The highest BCUT2D eigenvalue weighted by atomic mass is 35.5.